The summed E-state index contributed by atoms with van der Waals surface area (Å²) < 4.78 is 8.21. The number of halogens is 1. The number of likely N-dealkylation sites (tertiary alicyclic amines) is 1. The van der Waals surface area contributed by atoms with Crippen LogP contribution in [0.15, 0.2) is 10.9 Å². The number of hydrogen-bond acceptors (Lipinski definition) is 3. The SMILES string of the molecule is Cn1c([C@@H]2CCCN2C(=O)OC(C)(C)C)cnc1Br. The summed E-state index contributed by atoms with van der Waals surface area (Å²) in [4.78, 5) is 18.3. The number of hydrogen-bond donors (Lipinski definition) is 0. The minimum absolute atomic E-state index is 0.0543. The van der Waals surface area contributed by atoms with E-state index in [-0.39, 0.29) is 12.1 Å². The fourth-order valence-electron chi connectivity index (χ4n) is 2.32. The van der Waals surface area contributed by atoms with Crippen LogP contribution in [0.4, 0.5) is 4.79 Å². The van der Waals surface area contributed by atoms with E-state index in [4.69, 9.17) is 4.74 Å². The lowest BCUT2D eigenvalue weighted by molar-refractivity contribution is 0.0219. The van der Waals surface area contributed by atoms with E-state index in [0.717, 1.165) is 29.8 Å². The predicted octanol–water partition coefficient (Wildman–Crippen LogP) is 3.25. The summed E-state index contributed by atoms with van der Waals surface area (Å²) in [5, 5.41) is 0. The molecule has 1 aliphatic rings. The number of aromatic nitrogens is 2. The second kappa shape index (κ2) is 5.15. The maximum Gasteiger partial charge on any atom is 0.410 e. The maximum atomic E-state index is 12.2. The first-order valence-corrected chi connectivity index (χ1v) is 7.25. The van der Waals surface area contributed by atoms with Crippen molar-refractivity contribution in [3.8, 4) is 0 Å². The Kier molecular flexibility index (Phi) is 3.90. The largest absolute Gasteiger partial charge is 0.444 e. The van der Waals surface area contributed by atoms with Crippen LogP contribution in [0.3, 0.4) is 0 Å². The first-order valence-electron chi connectivity index (χ1n) is 6.46. The molecule has 2 rings (SSSR count). The zero-order chi connectivity index (χ0) is 14.2. The third kappa shape index (κ3) is 3.11. The molecule has 1 fully saturated rings. The molecule has 1 aromatic rings. The second-order valence-electron chi connectivity index (χ2n) is 5.84. The van der Waals surface area contributed by atoms with Gasteiger partial charge >= 0.3 is 6.09 Å². The standard InChI is InChI=1S/C13H20BrN3O2/c1-13(2,3)19-12(18)17-7-5-6-9(17)10-8-15-11(14)16(10)4/h8-9H,5-7H2,1-4H3/t9-/m0/s1. The number of carbonyl (C=O) groups excluding carboxylic acids is 1. The van der Waals surface area contributed by atoms with Gasteiger partial charge in [0.05, 0.1) is 17.9 Å². The molecule has 5 nitrogen and oxygen atoms in total. The van der Waals surface area contributed by atoms with Gasteiger partial charge in [-0.25, -0.2) is 9.78 Å². The number of imidazole rings is 1. The molecule has 2 heterocycles. The minimum Gasteiger partial charge on any atom is -0.444 e. The number of amides is 1. The van der Waals surface area contributed by atoms with Crippen LogP contribution in [0.5, 0.6) is 0 Å². The van der Waals surface area contributed by atoms with Crippen LogP contribution in [0.25, 0.3) is 0 Å². The van der Waals surface area contributed by atoms with Gasteiger partial charge in [0.25, 0.3) is 0 Å². The van der Waals surface area contributed by atoms with Gasteiger partial charge in [-0.05, 0) is 49.5 Å². The fraction of sp³-hybridized carbons (Fsp3) is 0.692. The van der Waals surface area contributed by atoms with Crippen LogP contribution in [0.2, 0.25) is 0 Å². The van der Waals surface area contributed by atoms with Crippen LogP contribution in [0.1, 0.15) is 45.3 Å². The first-order chi connectivity index (χ1) is 8.79. The van der Waals surface area contributed by atoms with Gasteiger partial charge in [-0.3, -0.25) is 4.90 Å². The highest BCUT2D eigenvalue weighted by atomic mass is 79.9. The molecule has 0 saturated carbocycles. The van der Waals surface area contributed by atoms with Crippen molar-refractivity contribution in [2.45, 2.75) is 45.3 Å². The molecule has 1 aromatic heterocycles. The second-order valence-corrected chi connectivity index (χ2v) is 6.55. The molecule has 1 saturated heterocycles. The Morgan fingerprint density at radius 1 is 1.53 bits per heavy atom. The Balaban J connectivity index is 2.17. The summed E-state index contributed by atoms with van der Waals surface area (Å²) in [5.41, 5.74) is 0.576. The van der Waals surface area contributed by atoms with Gasteiger partial charge < -0.3 is 9.30 Å². The van der Waals surface area contributed by atoms with E-state index in [1.54, 1.807) is 4.90 Å². The number of ether oxygens (including phenoxy) is 1. The molecule has 1 amide bonds. The molecular formula is C13H20BrN3O2. The Hall–Kier alpha value is -1.04. The van der Waals surface area contributed by atoms with E-state index in [2.05, 4.69) is 20.9 Å². The molecule has 106 valence electrons. The highest BCUT2D eigenvalue weighted by Crippen LogP contribution is 2.33. The monoisotopic (exact) mass is 329 g/mol. The Morgan fingerprint density at radius 2 is 2.21 bits per heavy atom. The molecule has 6 heteroatoms. The maximum absolute atomic E-state index is 12.2. The number of rotatable bonds is 1. The molecule has 0 bridgehead atoms. The lowest BCUT2D eigenvalue weighted by Crippen LogP contribution is -2.36. The van der Waals surface area contributed by atoms with Crippen LogP contribution in [-0.4, -0.2) is 32.7 Å². The average Bonchev–Trinajstić information content (AvgIpc) is 2.85. The zero-order valence-electron chi connectivity index (χ0n) is 11.8. The van der Waals surface area contributed by atoms with E-state index >= 15 is 0 Å². The lowest BCUT2D eigenvalue weighted by Gasteiger charge is -2.28. The Labute approximate surface area is 122 Å². The fourth-order valence-corrected chi connectivity index (χ4v) is 2.63. The van der Waals surface area contributed by atoms with Crippen LogP contribution in [-0.2, 0) is 11.8 Å². The van der Waals surface area contributed by atoms with Gasteiger partial charge in [0.2, 0.25) is 0 Å². The molecule has 1 atom stereocenters. The molecule has 0 spiro atoms. The topological polar surface area (TPSA) is 47.4 Å². The molecule has 0 radical (unpaired) electrons. The van der Waals surface area contributed by atoms with Crippen LogP contribution >= 0.6 is 15.9 Å². The molecule has 0 aliphatic carbocycles. The Morgan fingerprint density at radius 3 is 2.74 bits per heavy atom. The van der Waals surface area contributed by atoms with Crippen molar-refractivity contribution in [2.24, 2.45) is 7.05 Å². The highest BCUT2D eigenvalue weighted by molar-refractivity contribution is 9.10. The first kappa shape index (κ1) is 14.4. The van der Waals surface area contributed by atoms with Crippen LogP contribution in [0, 0.1) is 0 Å². The molecule has 0 N–H and O–H groups in total. The van der Waals surface area contributed by atoms with Crippen molar-refractivity contribution >= 4 is 22.0 Å². The third-order valence-corrected chi connectivity index (χ3v) is 3.93. The molecule has 1 aliphatic heterocycles. The highest BCUT2D eigenvalue weighted by Gasteiger charge is 2.34. The summed E-state index contributed by atoms with van der Waals surface area (Å²) in [6, 6.07) is 0.0543. The van der Waals surface area contributed by atoms with Gasteiger partial charge in [-0.15, -0.1) is 0 Å². The van der Waals surface area contributed by atoms with Gasteiger partial charge in [0, 0.05) is 13.6 Å². The zero-order valence-corrected chi connectivity index (χ0v) is 13.4. The average molecular weight is 330 g/mol. The van der Waals surface area contributed by atoms with Crippen molar-refractivity contribution in [3.63, 3.8) is 0 Å². The van der Waals surface area contributed by atoms with Crippen molar-refractivity contribution in [2.75, 3.05) is 6.54 Å². The summed E-state index contributed by atoms with van der Waals surface area (Å²) in [6.45, 7) is 6.40. The smallest absolute Gasteiger partial charge is 0.410 e. The summed E-state index contributed by atoms with van der Waals surface area (Å²) in [5.74, 6) is 0. The van der Waals surface area contributed by atoms with Crippen molar-refractivity contribution < 1.29 is 9.53 Å². The lowest BCUT2D eigenvalue weighted by atomic mass is 10.1. The Bertz CT molecular complexity index is 479. The van der Waals surface area contributed by atoms with Gasteiger partial charge in [-0.1, -0.05) is 0 Å². The quantitative estimate of drug-likeness (QED) is 0.794. The third-order valence-electron chi connectivity index (χ3n) is 3.19. The van der Waals surface area contributed by atoms with Crippen molar-refractivity contribution in [1.82, 2.24) is 14.5 Å². The minimum atomic E-state index is -0.461. The number of nitrogens with zero attached hydrogens (tertiary/aromatic N) is 3. The molecular weight excluding hydrogens is 310 g/mol. The van der Waals surface area contributed by atoms with Gasteiger partial charge in [0.15, 0.2) is 4.73 Å². The molecule has 0 aromatic carbocycles. The van der Waals surface area contributed by atoms with E-state index in [0.29, 0.717) is 0 Å². The molecule has 0 unspecified atom stereocenters. The van der Waals surface area contributed by atoms with Crippen LogP contribution < -0.4 is 0 Å². The van der Waals surface area contributed by atoms with Crippen molar-refractivity contribution in [1.29, 1.82) is 0 Å². The van der Waals surface area contributed by atoms with E-state index < -0.39 is 5.60 Å². The molecule has 19 heavy (non-hydrogen) atoms. The van der Waals surface area contributed by atoms with Gasteiger partial charge in [0.1, 0.15) is 5.60 Å². The number of carbonyl (C=O) groups is 1. The van der Waals surface area contributed by atoms with E-state index in [1.807, 2.05) is 38.6 Å². The normalized spacial score (nSPS) is 19.8. The summed E-state index contributed by atoms with van der Waals surface area (Å²) in [7, 11) is 1.94. The summed E-state index contributed by atoms with van der Waals surface area (Å²) in [6.07, 6.45) is 3.52. The summed E-state index contributed by atoms with van der Waals surface area (Å²) >= 11 is 3.39. The van der Waals surface area contributed by atoms with Gasteiger partial charge in [-0.2, -0.15) is 0 Å². The predicted molar refractivity (Wildman–Crippen MR) is 75.8 cm³/mol. The van der Waals surface area contributed by atoms with Crippen molar-refractivity contribution in [3.05, 3.63) is 16.6 Å². The van der Waals surface area contributed by atoms with E-state index in [1.165, 1.54) is 0 Å². The van der Waals surface area contributed by atoms with E-state index in [9.17, 15) is 4.79 Å².